The van der Waals surface area contributed by atoms with E-state index in [0.29, 0.717) is 11.0 Å². The van der Waals surface area contributed by atoms with Gasteiger partial charge in [0.15, 0.2) is 0 Å². The van der Waals surface area contributed by atoms with Gasteiger partial charge in [-0.15, -0.1) is 0 Å². The number of thioether (sulfide) groups is 1. The smallest absolute Gasteiger partial charge is 0.219 e. The molecule has 0 N–H and O–H groups in total. The summed E-state index contributed by atoms with van der Waals surface area (Å²) in [7, 11) is 0. The second kappa shape index (κ2) is 6.44. The number of hydrogen-bond donors (Lipinski definition) is 0. The summed E-state index contributed by atoms with van der Waals surface area (Å²) in [6.45, 7) is 4.36. The molecule has 0 aliphatic rings. The van der Waals surface area contributed by atoms with E-state index in [1.807, 2.05) is 13.8 Å². The molecule has 0 aliphatic heterocycles. The van der Waals surface area contributed by atoms with E-state index in [0.717, 1.165) is 5.75 Å². The van der Waals surface area contributed by atoms with Crippen molar-refractivity contribution >= 4 is 28.4 Å². The molecular weight excluding hydrogens is 178 g/mol. The van der Waals surface area contributed by atoms with Crippen molar-refractivity contribution in [2.24, 2.45) is 5.92 Å². The van der Waals surface area contributed by atoms with Crippen LogP contribution in [0.25, 0.3) is 0 Å². The van der Waals surface area contributed by atoms with Crippen molar-refractivity contribution in [2.45, 2.75) is 13.8 Å². The van der Waals surface area contributed by atoms with Crippen LogP contribution in [-0.4, -0.2) is 16.7 Å². The van der Waals surface area contributed by atoms with Gasteiger partial charge in [-0.2, -0.15) is 5.26 Å². The SMILES string of the molecule is CCOC(=S)SCC(C)C#N. The van der Waals surface area contributed by atoms with Gasteiger partial charge in [0, 0.05) is 5.75 Å². The molecule has 0 aromatic heterocycles. The first kappa shape index (κ1) is 10.7. The lowest BCUT2D eigenvalue weighted by Crippen LogP contribution is -2.01. The minimum absolute atomic E-state index is 0.0402. The molecule has 4 heteroatoms. The fourth-order valence-corrected chi connectivity index (χ4v) is 1.37. The van der Waals surface area contributed by atoms with E-state index in [1.54, 1.807) is 0 Å². The molecule has 0 bridgehead atoms. The van der Waals surface area contributed by atoms with Gasteiger partial charge >= 0.3 is 0 Å². The lowest BCUT2D eigenvalue weighted by molar-refractivity contribution is 0.346. The van der Waals surface area contributed by atoms with E-state index < -0.39 is 0 Å². The molecule has 2 nitrogen and oxygen atoms in total. The van der Waals surface area contributed by atoms with Crippen LogP contribution in [-0.2, 0) is 4.74 Å². The Morgan fingerprint density at radius 2 is 2.45 bits per heavy atom. The van der Waals surface area contributed by atoms with Gasteiger partial charge in [-0.05, 0) is 26.1 Å². The highest BCUT2D eigenvalue weighted by atomic mass is 32.2. The molecule has 0 aromatic rings. The number of nitriles is 1. The van der Waals surface area contributed by atoms with E-state index >= 15 is 0 Å². The molecular formula is C7H11NOS2. The Kier molecular flexibility index (Phi) is 6.28. The van der Waals surface area contributed by atoms with Gasteiger partial charge in [0.05, 0.1) is 18.6 Å². The highest BCUT2D eigenvalue weighted by Crippen LogP contribution is 2.10. The molecule has 0 aromatic carbocycles. The second-order valence-corrected chi connectivity index (χ2v) is 3.65. The fourth-order valence-electron chi connectivity index (χ4n) is 0.390. The predicted molar refractivity (Wildman–Crippen MR) is 51.5 cm³/mol. The summed E-state index contributed by atoms with van der Waals surface area (Å²) in [5.74, 6) is 0.758. The van der Waals surface area contributed by atoms with Crippen LogP contribution in [0.15, 0.2) is 0 Å². The maximum absolute atomic E-state index is 8.43. The monoisotopic (exact) mass is 189 g/mol. The van der Waals surface area contributed by atoms with E-state index in [-0.39, 0.29) is 5.92 Å². The molecule has 62 valence electrons. The maximum Gasteiger partial charge on any atom is 0.219 e. The van der Waals surface area contributed by atoms with Gasteiger partial charge in [0.25, 0.3) is 0 Å². The molecule has 0 amide bonds. The topological polar surface area (TPSA) is 33.0 Å². The highest BCUT2D eigenvalue weighted by molar-refractivity contribution is 8.22. The number of nitrogens with zero attached hydrogens (tertiary/aromatic N) is 1. The number of hydrogen-bond acceptors (Lipinski definition) is 4. The van der Waals surface area contributed by atoms with Crippen LogP contribution in [0, 0.1) is 17.2 Å². The molecule has 1 atom stereocenters. The van der Waals surface area contributed by atoms with Crippen LogP contribution in [0.1, 0.15) is 13.8 Å². The molecule has 0 heterocycles. The summed E-state index contributed by atoms with van der Waals surface area (Å²) in [6, 6.07) is 2.13. The van der Waals surface area contributed by atoms with Crippen LogP contribution in [0.4, 0.5) is 0 Å². The van der Waals surface area contributed by atoms with Crippen molar-refractivity contribution in [1.82, 2.24) is 0 Å². The summed E-state index contributed by atoms with van der Waals surface area (Å²) in [5.41, 5.74) is 0. The standard InChI is InChI=1S/C7H11NOS2/c1-3-9-7(10)11-5-6(2)4-8/h6H,3,5H2,1-2H3. The zero-order valence-corrected chi connectivity index (χ0v) is 8.30. The molecule has 0 aliphatic carbocycles. The van der Waals surface area contributed by atoms with Crippen molar-refractivity contribution in [1.29, 1.82) is 5.26 Å². The number of rotatable bonds is 3. The van der Waals surface area contributed by atoms with Gasteiger partial charge in [-0.3, -0.25) is 0 Å². The Morgan fingerprint density at radius 1 is 1.82 bits per heavy atom. The van der Waals surface area contributed by atoms with Crippen LogP contribution >= 0.6 is 24.0 Å². The highest BCUT2D eigenvalue weighted by Gasteiger charge is 2.02. The average molecular weight is 189 g/mol. The van der Waals surface area contributed by atoms with Gasteiger partial charge < -0.3 is 4.74 Å². The minimum Gasteiger partial charge on any atom is -0.479 e. The van der Waals surface area contributed by atoms with E-state index in [1.165, 1.54) is 11.8 Å². The summed E-state index contributed by atoms with van der Waals surface area (Å²) < 4.78 is 5.56. The number of thiocarbonyl (C=S) groups is 1. The summed E-state index contributed by atoms with van der Waals surface area (Å²) in [5, 5.41) is 8.43. The summed E-state index contributed by atoms with van der Waals surface area (Å²) in [6.07, 6.45) is 0. The third kappa shape index (κ3) is 6.14. The summed E-state index contributed by atoms with van der Waals surface area (Å²) >= 11 is 6.27. The predicted octanol–water partition coefficient (Wildman–Crippen LogP) is 2.20. The lowest BCUT2D eigenvalue weighted by Gasteiger charge is -2.03. The Balaban J connectivity index is 3.39. The first-order valence-corrected chi connectivity index (χ1v) is 4.79. The van der Waals surface area contributed by atoms with Gasteiger partial charge in [-0.1, -0.05) is 11.8 Å². The Bertz CT molecular complexity index is 164. The van der Waals surface area contributed by atoms with Crippen LogP contribution in [0.3, 0.4) is 0 Å². The van der Waals surface area contributed by atoms with E-state index in [4.69, 9.17) is 22.2 Å². The van der Waals surface area contributed by atoms with Crippen molar-refractivity contribution < 1.29 is 4.74 Å². The Hall–Kier alpha value is -0.270. The second-order valence-electron chi connectivity index (χ2n) is 2.02. The van der Waals surface area contributed by atoms with Crippen molar-refractivity contribution in [2.75, 3.05) is 12.4 Å². The molecule has 0 saturated heterocycles. The quantitative estimate of drug-likeness (QED) is 0.637. The van der Waals surface area contributed by atoms with Crippen molar-refractivity contribution in [3.05, 3.63) is 0 Å². The van der Waals surface area contributed by atoms with Gasteiger partial charge in [-0.25, -0.2) is 0 Å². The molecule has 11 heavy (non-hydrogen) atoms. The molecule has 0 saturated carbocycles. The van der Waals surface area contributed by atoms with E-state index in [9.17, 15) is 0 Å². The largest absolute Gasteiger partial charge is 0.479 e. The molecule has 0 spiro atoms. The first-order valence-electron chi connectivity index (χ1n) is 3.39. The molecule has 0 radical (unpaired) electrons. The molecule has 0 rings (SSSR count). The lowest BCUT2D eigenvalue weighted by atomic mass is 10.3. The minimum atomic E-state index is 0.0402. The molecule has 0 fully saturated rings. The van der Waals surface area contributed by atoms with E-state index in [2.05, 4.69) is 6.07 Å². The maximum atomic E-state index is 8.43. The van der Waals surface area contributed by atoms with Gasteiger partial charge in [0.2, 0.25) is 4.38 Å². The van der Waals surface area contributed by atoms with Crippen LogP contribution in [0.2, 0.25) is 0 Å². The van der Waals surface area contributed by atoms with Crippen molar-refractivity contribution in [3.8, 4) is 6.07 Å². The van der Waals surface area contributed by atoms with Crippen LogP contribution in [0.5, 0.6) is 0 Å². The zero-order valence-electron chi connectivity index (χ0n) is 6.66. The van der Waals surface area contributed by atoms with Crippen LogP contribution < -0.4 is 0 Å². The average Bonchev–Trinajstić information content (AvgIpc) is 2.01. The third-order valence-electron chi connectivity index (χ3n) is 0.934. The Labute approximate surface area is 76.9 Å². The zero-order chi connectivity index (χ0) is 8.69. The fraction of sp³-hybridized carbons (Fsp3) is 0.714. The number of ether oxygens (including phenoxy) is 1. The van der Waals surface area contributed by atoms with Crippen molar-refractivity contribution in [3.63, 3.8) is 0 Å². The normalized spacial score (nSPS) is 11.7. The Morgan fingerprint density at radius 3 is 2.91 bits per heavy atom. The third-order valence-corrected chi connectivity index (χ3v) is 2.43. The summed E-state index contributed by atoms with van der Waals surface area (Å²) in [4.78, 5) is 0. The van der Waals surface area contributed by atoms with Gasteiger partial charge in [0.1, 0.15) is 0 Å². The molecule has 1 unspecified atom stereocenters. The first-order chi connectivity index (χ1) is 5.20.